The van der Waals surface area contributed by atoms with Gasteiger partial charge < -0.3 is 14.8 Å². The zero-order valence-electron chi connectivity index (χ0n) is 21.3. The van der Waals surface area contributed by atoms with Crippen LogP contribution in [0.3, 0.4) is 0 Å². The van der Waals surface area contributed by atoms with E-state index in [4.69, 9.17) is 6.57 Å². The summed E-state index contributed by atoms with van der Waals surface area (Å²) in [6.07, 6.45) is 5.45. The number of nitrogens with one attached hydrogen (secondary N) is 1. The number of nitrogens with zero attached hydrogens (tertiary/aromatic N) is 8. The molecule has 12 heteroatoms. The molecule has 1 aliphatic heterocycles. The van der Waals surface area contributed by atoms with Crippen LogP contribution in [0.25, 0.3) is 27.3 Å². The van der Waals surface area contributed by atoms with E-state index in [1.54, 1.807) is 25.3 Å². The van der Waals surface area contributed by atoms with Crippen LogP contribution in [0.2, 0.25) is 0 Å². The SMILES string of the molecule is [C-]#[N+]Cn1c(=O)c2c(ncn2[C@@H](C)C(=O)Nc2cccc(-c3ccc(N4CCC[C@H]4C)nc3)n2)n(C)c1=O. The van der Waals surface area contributed by atoms with Gasteiger partial charge in [0.2, 0.25) is 5.91 Å². The predicted molar refractivity (Wildman–Crippen MR) is 143 cm³/mol. The maximum absolute atomic E-state index is 13.2. The number of imidazole rings is 1. The zero-order valence-corrected chi connectivity index (χ0v) is 21.3. The predicted octanol–water partition coefficient (Wildman–Crippen LogP) is 2.42. The quantitative estimate of drug-likeness (QED) is 0.393. The maximum Gasteiger partial charge on any atom is 0.338 e. The summed E-state index contributed by atoms with van der Waals surface area (Å²) in [6.45, 7) is 11.5. The minimum atomic E-state index is -0.847. The van der Waals surface area contributed by atoms with Crippen molar-refractivity contribution in [2.24, 2.45) is 7.05 Å². The van der Waals surface area contributed by atoms with E-state index in [1.165, 1.54) is 22.5 Å². The second kappa shape index (κ2) is 9.93. The van der Waals surface area contributed by atoms with Gasteiger partial charge in [0.25, 0.3) is 12.2 Å². The Labute approximate surface area is 218 Å². The van der Waals surface area contributed by atoms with Gasteiger partial charge in [0, 0.05) is 31.4 Å². The molecule has 4 aromatic rings. The zero-order chi connectivity index (χ0) is 27.0. The number of hydrogen-bond acceptors (Lipinski definition) is 7. The summed E-state index contributed by atoms with van der Waals surface area (Å²) in [5, 5.41) is 2.80. The van der Waals surface area contributed by atoms with Crippen LogP contribution < -0.4 is 21.5 Å². The lowest BCUT2D eigenvalue weighted by Crippen LogP contribution is -2.39. The Morgan fingerprint density at radius 1 is 1.24 bits per heavy atom. The third-order valence-electron chi connectivity index (χ3n) is 6.96. The molecule has 0 unspecified atom stereocenters. The van der Waals surface area contributed by atoms with Crippen LogP contribution in [0.5, 0.6) is 0 Å². The van der Waals surface area contributed by atoms with Gasteiger partial charge in [-0.25, -0.2) is 26.3 Å². The third kappa shape index (κ3) is 4.32. The Balaban J connectivity index is 1.38. The number of carbonyl (C=O) groups is 1. The molecule has 1 amide bonds. The third-order valence-corrected chi connectivity index (χ3v) is 6.96. The summed E-state index contributed by atoms with van der Waals surface area (Å²) >= 11 is 0. The molecule has 1 N–H and O–H groups in total. The van der Waals surface area contributed by atoms with Gasteiger partial charge in [-0.3, -0.25) is 19.0 Å². The molecule has 0 saturated carbocycles. The van der Waals surface area contributed by atoms with E-state index in [2.05, 4.69) is 36.9 Å². The standard InChI is InChI=1S/C26H27N9O3/c1-16-7-6-12-33(16)21-11-10-18(13-28-21)19-8-5-9-20(30-19)31-24(36)17(2)34-15-29-23-22(34)25(37)35(14-27-3)26(38)32(23)4/h5,8-11,13,15-17H,6-7,12,14H2,1-2,4H3,(H,30,31,36)/t16-,17+/m1/s1. The van der Waals surface area contributed by atoms with Crippen LogP contribution in [0.15, 0.2) is 52.4 Å². The number of aromatic nitrogens is 6. The van der Waals surface area contributed by atoms with Crippen LogP contribution in [-0.2, 0) is 18.5 Å². The first-order chi connectivity index (χ1) is 18.3. The van der Waals surface area contributed by atoms with Crippen molar-refractivity contribution >= 4 is 28.7 Å². The van der Waals surface area contributed by atoms with E-state index in [-0.39, 0.29) is 11.2 Å². The van der Waals surface area contributed by atoms with Gasteiger partial charge in [-0.1, -0.05) is 6.07 Å². The molecule has 0 spiro atoms. The molecule has 1 aliphatic rings. The Morgan fingerprint density at radius 3 is 2.74 bits per heavy atom. The number of amides is 1. The van der Waals surface area contributed by atoms with Crippen molar-refractivity contribution in [1.82, 2.24) is 28.7 Å². The summed E-state index contributed by atoms with van der Waals surface area (Å²) in [7, 11) is 1.47. The van der Waals surface area contributed by atoms with Crippen molar-refractivity contribution in [3.63, 3.8) is 0 Å². The van der Waals surface area contributed by atoms with E-state index < -0.39 is 29.9 Å². The molecule has 0 bridgehead atoms. The second-order valence-electron chi connectivity index (χ2n) is 9.36. The molecule has 4 aromatic heterocycles. The largest absolute Gasteiger partial charge is 0.354 e. The Kier molecular flexibility index (Phi) is 6.50. The van der Waals surface area contributed by atoms with Gasteiger partial charge in [-0.2, -0.15) is 4.57 Å². The fourth-order valence-corrected chi connectivity index (χ4v) is 4.78. The summed E-state index contributed by atoms with van der Waals surface area (Å²) < 4.78 is 3.42. The highest BCUT2D eigenvalue weighted by Crippen LogP contribution is 2.26. The van der Waals surface area contributed by atoms with Gasteiger partial charge >= 0.3 is 5.69 Å². The Bertz CT molecular complexity index is 1680. The highest BCUT2D eigenvalue weighted by atomic mass is 16.2. The minimum Gasteiger partial charge on any atom is -0.354 e. The lowest BCUT2D eigenvalue weighted by Gasteiger charge is -2.22. The summed E-state index contributed by atoms with van der Waals surface area (Å²) in [5.41, 5.74) is 0.384. The Hall–Kier alpha value is -4.79. The number of aryl methyl sites for hydroxylation is 1. The van der Waals surface area contributed by atoms with Crippen molar-refractivity contribution in [2.45, 2.75) is 45.4 Å². The topological polar surface area (TPSA) is 124 Å². The fraction of sp³-hybridized carbons (Fsp3) is 0.346. The summed E-state index contributed by atoms with van der Waals surface area (Å²) in [6, 6.07) is 8.91. The van der Waals surface area contributed by atoms with E-state index in [1.807, 2.05) is 18.2 Å². The molecule has 38 heavy (non-hydrogen) atoms. The molecule has 12 nitrogen and oxygen atoms in total. The molecular formula is C26H27N9O3. The molecular weight excluding hydrogens is 486 g/mol. The molecule has 2 atom stereocenters. The van der Waals surface area contributed by atoms with Gasteiger partial charge in [0.05, 0.1) is 12.0 Å². The van der Waals surface area contributed by atoms with Crippen LogP contribution in [-0.4, -0.2) is 47.1 Å². The number of fused-ring (bicyclic) bond motifs is 1. The molecule has 5 rings (SSSR count). The highest BCUT2D eigenvalue weighted by Gasteiger charge is 2.24. The van der Waals surface area contributed by atoms with Crippen LogP contribution in [0, 0.1) is 6.57 Å². The smallest absolute Gasteiger partial charge is 0.338 e. The average molecular weight is 514 g/mol. The monoisotopic (exact) mass is 513 g/mol. The van der Waals surface area contributed by atoms with Crippen molar-refractivity contribution in [1.29, 1.82) is 0 Å². The fourth-order valence-electron chi connectivity index (χ4n) is 4.78. The first kappa shape index (κ1) is 24.9. The van der Waals surface area contributed by atoms with E-state index >= 15 is 0 Å². The number of carbonyl (C=O) groups excluding carboxylic acids is 1. The number of anilines is 2. The molecule has 1 fully saturated rings. The molecule has 0 aliphatic carbocycles. The number of pyridine rings is 2. The molecule has 5 heterocycles. The summed E-state index contributed by atoms with van der Waals surface area (Å²) in [4.78, 5) is 57.4. The molecule has 1 saturated heterocycles. The van der Waals surface area contributed by atoms with Gasteiger partial charge in [0.15, 0.2) is 11.2 Å². The number of rotatable bonds is 6. The van der Waals surface area contributed by atoms with Gasteiger partial charge in [0.1, 0.15) is 17.7 Å². The van der Waals surface area contributed by atoms with Gasteiger partial charge in [-0.15, -0.1) is 0 Å². The van der Waals surface area contributed by atoms with Crippen molar-refractivity contribution < 1.29 is 4.79 Å². The highest BCUT2D eigenvalue weighted by molar-refractivity contribution is 5.93. The van der Waals surface area contributed by atoms with Crippen LogP contribution >= 0.6 is 0 Å². The minimum absolute atomic E-state index is 0.0681. The Morgan fingerprint density at radius 2 is 2.05 bits per heavy atom. The normalized spacial score (nSPS) is 15.9. The van der Waals surface area contributed by atoms with E-state index in [0.717, 1.165) is 35.3 Å². The second-order valence-corrected chi connectivity index (χ2v) is 9.36. The van der Waals surface area contributed by atoms with Gasteiger partial charge in [-0.05, 0) is 51.0 Å². The van der Waals surface area contributed by atoms with E-state index in [9.17, 15) is 14.4 Å². The van der Waals surface area contributed by atoms with Crippen molar-refractivity contribution in [3.05, 3.63) is 75.1 Å². The lowest BCUT2D eigenvalue weighted by molar-refractivity contribution is -0.118. The van der Waals surface area contributed by atoms with Crippen LogP contribution in [0.4, 0.5) is 11.6 Å². The van der Waals surface area contributed by atoms with E-state index in [0.29, 0.717) is 17.6 Å². The average Bonchev–Trinajstić information content (AvgIpc) is 3.56. The first-order valence-electron chi connectivity index (χ1n) is 12.3. The lowest BCUT2D eigenvalue weighted by atomic mass is 10.2. The molecule has 0 aromatic carbocycles. The van der Waals surface area contributed by atoms with Crippen LogP contribution in [0.1, 0.15) is 32.7 Å². The number of hydrogen-bond donors (Lipinski definition) is 1. The first-order valence-corrected chi connectivity index (χ1v) is 12.3. The van der Waals surface area contributed by atoms with Crippen molar-refractivity contribution in [2.75, 3.05) is 16.8 Å². The maximum atomic E-state index is 13.2. The molecule has 194 valence electrons. The summed E-state index contributed by atoms with van der Waals surface area (Å²) in [5.74, 6) is 0.867. The van der Waals surface area contributed by atoms with Crippen molar-refractivity contribution in [3.8, 4) is 11.3 Å². The molecule has 0 radical (unpaired) electrons.